The van der Waals surface area contributed by atoms with Crippen LogP contribution in [0.15, 0.2) is 54.6 Å². The van der Waals surface area contributed by atoms with Crippen LogP contribution in [0.4, 0.5) is 5.00 Å². The lowest BCUT2D eigenvalue weighted by Crippen LogP contribution is -2.31. The van der Waals surface area contributed by atoms with Crippen molar-refractivity contribution < 1.29 is 14.3 Å². The molecule has 162 valence electrons. The number of nitriles is 1. The van der Waals surface area contributed by atoms with Gasteiger partial charge in [-0.05, 0) is 55.2 Å². The molecule has 1 heterocycles. The van der Waals surface area contributed by atoms with Crippen LogP contribution in [0.1, 0.15) is 50.1 Å². The second-order valence-corrected chi connectivity index (χ2v) is 9.17. The zero-order valence-corrected chi connectivity index (χ0v) is 19.1. The lowest BCUT2D eigenvalue weighted by Gasteiger charge is -2.31. The van der Waals surface area contributed by atoms with Gasteiger partial charge in [-0.3, -0.25) is 4.79 Å². The maximum atomic E-state index is 12.8. The molecule has 1 aliphatic carbocycles. The summed E-state index contributed by atoms with van der Waals surface area (Å²) in [5.41, 5.74) is 2.00. The summed E-state index contributed by atoms with van der Waals surface area (Å²) in [6, 6.07) is 18.8. The third kappa shape index (κ3) is 4.14. The number of benzene rings is 2. The van der Waals surface area contributed by atoms with Crippen LogP contribution in [-0.4, -0.2) is 18.5 Å². The number of hydrogen-bond acceptors (Lipinski definition) is 5. The number of hydrogen-bond donors (Lipinski definition) is 1. The molecule has 0 bridgehead atoms. The molecule has 0 saturated carbocycles. The maximum Gasteiger partial charge on any atom is 0.341 e. The number of carbonyl (C=O) groups is 2. The molecular formula is C25H21ClN2O3S. The fourth-order valence-electron chi connectivity index (χ4n) is 4.07. The van der Waals surface area contributed by atoms with Crippen LogP contribution < -0.4 is 5.32 Å². The molecule has 5 nitrogen and oxygen atoms in total. The number of carbonyl (C=O) groups excluding carboxylic acids is 2. The van der Waals surface area contributed by atoms with Crippen molar-refractivity contribution in [2.24, 2.45) is 0 Å². The van der Waals surface area contributed by atoms with Gasteiger partial charge in [-0.1, -0.05) is 41.9 Å². The number of rotatable bonds is 5. The van der Waals surface area contributed by atoms with E-state index in [0.29, 0.717) is 40.4 Å². The van der Waals surface area contributed by atoms with Gasteiger partial charge in [-0.25, -0.2) is 4.79 Å². The lowest BCUT2D eigenvalue weighted by molar-refractivity contribution is 0.0526. The molecule has 1 aromatic heterocycles. The van der Waals surface area contributed by atoms with Crippen molar-refractivity contribution >= 4 is 39.8 Å². The Labute approximate surface area is 195 Å². The third-order valence-corrected chi connectivity index (χ3v) is 7.11. The van der Waals surface area contributed by atoms with Crippen molar-refractivity contribution in [1.82, 2.24) is 0 Å². The Morgan fingerprint density at radius 3 is 2.56 bits per heavy atom. The zero-order valence-electron chi connectivity index (χ0n) is 17.5. The van der Waals surface area contributed by atoms with Crippen molar-refractivity contribution in [3.8, 4) is 6.07 Å². The molecule has 3 aromatic rings. The molecule has 0 unspecified atom stereocenters. The largest absolute Gasteiger partial charge is 0.462 e. The number of ether oxygens (including phenoxy) is 1. The molecule has 0 spiro atoms. The Morgan fingerprint density at radius 1 is 1.19 bits per heavy atom. The van der Waals surface area contributed by atoms with E-state index in [1.807, 2.05) is 30.3 Å². The van der Waals surface area contributed by atoms with Crippen LogP contribution in [0.5, 0.6) is 0 Å². The predicted molar refractivity (Wildman–Crippen MR) is 125 cm³/mol. The van der Waals surface area contributed by atoms with Gasteiger partial charge in [0.15, 0.2) is 0 Å². The van der Waals surface area contributed by atoms with Crippen LogP contribution in [0.3, 0.4) is 0 Å². The van der Waals surface area contributed by atoms with Crippen LogP contribution in [-0.2, 0) is 23.0 Å². The summed E-state index contributed by atoms with van der Waals surface area (Å²) in [6.45, 7) is 1.99. The molecule has 1 atom stereocenters. The van der Waals surface area contributed by atoms with Gasteiger partial charge in [0.2, 0.25) is 0 Å². The molecule has 32 heavy (non-hydrogen) atoms. The second kappa shape index (κ2) is 9.15. The second-order valence-electron chi connectivity index (χ2n) is 7.63. The highest BCUT2D eigenvalue weighted by Gasteiger charge is 2.40. The monoisotopic (exact) mass is 464 g/mol. The van der Waals surface area contributed by atoms with Crippen molar-refractivity contribution in [3.05, 3.63) is 86.8 Å². The number of halogens is 1. The minimum absolute atomic E-state index is 0.236. The van der Waals surface area contributed by atoms with Crippen molar-refractivity contribution in [2.75, 3.05) is 11.9 Å². The molecule has 2 aromatic carbocycles. The molecule has 4 rings (SSSR count). The van der Waals surface area contributed by atoms with Crippen molar-refractivity contribution in [3.63, 3.8) is 0 Å². The van der Waals surface area contributed by atoms with Gasteiger partial charge in [-0.15, -0.1) is 11.3 Å². The van der Waals surface area contributed by atoms with Gasteiger partial charge in [0, 0.05) is 21.9 Å². The number of thiophene rings is 1. The lowest BCUT2D eigenvalue weighted by atomic mass is 9.70. The average molecular weight is 465 g/mol. The first-order valence-electron chi connectivity index (χ1n) is 10.3. The number of anilines is 1. The van der Waals surface area contributed by atoms with Gasteiger partial charge < -0.3 is 10.1 Å². The normalized spacial score (nSPS) is 17.2. The van der Waals surface area contributed by atoms with Crippen LogP contribution >= 0.6 is 22.9 Å². The predicted octanol–water partition coefficient (Wildman–Crippen LogP) is 5.78. The molecule has 0 aliphatic heterocycles. The minimum Gasteiger partial charge on any atom is -0.462 e. The third-order valence-electron chi connectivity index (χ3n) is 5.71. The van der Waals surface area contributed by atoms with E-state index in [1.165, 1.54) is 11.3 Å². The van der Waals surface area contributed by atoms with Gasteiger partial charge in [0.05, 0.1) is 23.7 Å². The number of amides is 1. The quantitative estimate of drug-likeness (QED) is 0.485. The number of nitrogens with one attached hydrogen (secondary N) is 1. The first kappa shape index (κ1) is 22.1. The van der Waals surface area contributed by atoms with Crippen molar-refractivity contribution in [1.29, 1.82) is 5.26 Å². The zero-order chi connectivity index (χ0) is 22.7. The molecule has 7 heteroatoms. The highest BCUT2D eigenvalue weighted by atomic mass is 35.5. The van der Waals surface area contributed by atoms with Crippen molar-refractivity contribution in [2.45, 2.75) is 31.6 Å². The molecule has 0 radical (unpaired) electrons. The summed E-state index contributed by atoms with van der Waals surface area (Å²) < 4.78 is 5.29. The molecule has 1 aliphatic rings. The van der Waals surface area contributed by atoms with Crippen LogP contribution in [0.2, 0.25) is 5.02 Å². The first-order chi connectivity index (χ1) is 15.5. The summed E-state index contributed by atoms with van der Waals surface area (Å²) in [5, 5.41) is 14.0. The van der Waals surface area contributed by atoms with E-state index < -0.39 is 11.4 Å². The van der Waals surface area contributed by atoms with Gasteiger partial charge in [0.1, 0.15) is 5.00 Å². The Bertz CT molecular complexity index is 1200. The van der Waals surface area contributed by atoms with Crippen LogP contribution in [0.25, 0.3) is 0 Å². The summed E-state index contributed by atoms with van der Waals surface area (Å²) in [6.07, 6.45) is 1.63. The highest BCUT2D eigenvalue weighted by molar-refractivity contribution is 7.17. The Morgan fingerprint density at radius 2 is 1.91 bits per heavy atom. The summed E-state index contributed by atoms with van der Waals surface area (Å²) in [4.78, 5) is 26.6. The molecule has 1 N–H and O–H groups in total. The topological polar surface area (TPSA) is 79.2 Å². The van der Waals surface area contributed by atoms with E-state index in [-0.39, 0.29) is 12.5 Å². The highest BCUT2D eigenvalue weighted by Crippen LogP contribution is 2.45. The van der Waals surface area contributed by atoms with E-state index in [1.54, 1.807) is 31.2 Å². The van der Waals surface area contributed by atoms with E-state index in [9.17, 15) is 14.9 Å². The molecule has 1 amide bonds. The number of fused-ring (bicyclic) bond motifs is 1. The van der Waals surface area contributed by atoms with E-state index >= 15 is 0 Å². The smallest absolute Gasteiger partial charge is 0.341 e. The summed E-state index contributed by atoms with van der Waals surface area (Å²) in [5.74, 6) is -0.791. The Kier molecular flexibility index (Phi) is 6.31. The van der Waals surface area contributed by atoms with E-state index in [4.69, 9.17) is 16.3 Å². The van der Waals surface area contributed by atoms with E-state index in [2.05, 4.69) is 11.4 Å². The Balaban J connectivity index is 1.72. The standard InChI is InChI=1S/C25H21ClN2O3S/c1-2-31-24(30)21-19-12-13-25(15-27,17-6-4-3-5-7-17)14-20(19)32-23(21)28-22(29)16-8-10-18(26)11-9-16/h3-11H,2,12-14H2,1H3,(H,28,29)/t25-/m1/s1. The summed E-state index contributed by atoms with van der Waals surface area (Å²) >= 11 is 7.27. The average Bonchev–Trinajstić information content (AvgIpc) is 3.16. The first-order valence-corrected chi connectivity index (χ1v) is 11.5. The minimum atomic E-state index is -0.664. The number of nitrogens with zero attached hydrogens (tertiary/aromatic N) is 1. The van der Waals surface area contributed by atoms with E-state index in [0.717, 1.165) is 16.0 Å². The van der Waals surface area contributed by atoms with Crippen LogP contribution in [0, 0.1) is 11.3 Å². The fraction of sp³-hybridized carbons (Fsp3) is 0.240. The maximum absolute atomic E-state index is 12.8. The van der Waals surface area contributed by atoms with Gasteiger partial charge in [0.25, 0.3) is 5.91 Å². The Hall–Kier alpha value is -3.14. The van der Waals surface area contributed by atoms with Gasteiger partial charge in [-0.2, -0.15) is 5.26 Å². The van der Waals surface area contributed by atoms with Gasteiger partial charge >= 0.3 is 5.97 Å². The fourth-order valence-corrected chi connectivity index (χ4v) is 5.54. The molecule has 0 saturated heterocycles. The SMILES string of the molecule is CCOC(=O)c1c(NC(=O)c2ccc(Cl)cc2)sc2c1CC[C@@](C#N)(c1ccccc1)C2. The molecule has 0 fully saturated rings. The molecular weight excluding hydrogens is 444 g/mol. The number of esters is 1. The summed E-state index contributed by atoms with van der Waals surface area (Å²) in [7, 11) is 0.